The SMILES string of the molecule is CCn1c(=NC(=O)c2ccc3ccccc3c2)sc2cccc(F)c21. The molecule has 0 unspecified atom stereocenters. The van der Waals surface area contributed by atoms with Gasteiger partial charge in [-0.15, -0.1) is 0 Å². The maximum Gasteiger partial charge on any atom is 0.279 e. The van der Waals surface area contributed by atoms with Gasteiger partial charge in [0.05, 0.1) is 10.2 Å². The number of halogens is 1. The zero-order valence-electron chi connectivity index (χ0n) is 13.6. The highest BCUT2D eigenvalue weighted by atomic mass is 32.1. The van der Waals surface area contributed by atoms with Crippen LogP contribution in [0.2, 0.25) is 0 Å². The highest BCUT2D eigenvalue weighted by molar-refractivity contribution is 7.16. The Morgan fingerprint density at radius 3 is 2.68 bits per heavy atom. The largest absolute Gasteiger partial charge is 0.314 e. The minimum atomic E-state index is -0.320. The lowest BCUT2D eigenvalue weighted by Gasteiger charge is -2.02. The van der Waals surface area contributed by atoms with Gasteiger partial charge in [-0.05, 0) is 42.0 Å². The average Bonchev–Trinajstić information content (AvgIpc) is 2.99. The number of amides is 1. The van der Waals surface area contributed by atoms with Crippen LogP contribution in [0, 0.1) is 5.82 Å². The number of thiazole rings is 1. The Labute approximate surface area is 147 Å². The van der Waals surface area contributed by atoms with Crippen molar-refractivity contribution in [1.29, 1.82) is 0 Å². The number of nitrogens with zero attached hydrogens (tertiary/aromatic N) is 2. The van der Waals surface area contributed by atoms with Gasteiger partial charge >= 0.3 is 0 Å². The molecule has 1 aromatic heterocycles. The molecule has 4 aromatic rings. The first-order valence-electron chi connectivity index (χ1n) is 8.03. The van der Waals surface area contributed by atoms with E-state index in [1.54, 1.807) is 16.7 Å². The second kappa shape index (κ2) is 6.26. The average molecular weight is 350 g/mol. The number of hydrogen-bond acceptors (Lipinski definition) is 2. The van der Waals surface area contributed by atoms with Gasteiger partial charge in [0.25, 0.3) is 5.91 Å². The van der Waals surface area contributed by atoms with E-state index < -0.39 is 0 Å². The lowest BCUT2D eigenvalue weighted by Crippen LogP contribution is -2.16. The molecule has 1 amide bonds. The summed E-state index contributed by atoms with van der Waals surface area (Å²) < 4.78 is 16.7. The molecule has 5 heteroatoms. The molecule has 0 atom stereocenters. The van der Waals surface area contributed by atoms with Gasteiger partial charge in [0.2, 0.25) is 0 Å². The Morgan fingerprint density at radius 2 is 1.88 bits per heavy atom. The van der Waals surface area contributed by atoms with Crippen molar-refractivity contribution in [3.05, 3.63) is 76.8 Å². The van der Waals surface area contributed by atoms with Crippen LogP contribution in [0.25, 0.3) is 21.0 Å². The Balaban J connectivity index is 1.85. The fourth-order valence-electron chi connectivity index (χ4n) is 2.94. The van der Waals surface area contributed by atoms with E-state index in [0.717, 1.165) is 15.5 Å². The predicted molar refractivity (Wildman–Crippen MR) is 99.3 cm³/mol. The van der Waals surface area contributed by atoms with Crippen molar-refractivity contribution >= 4 is 38.2 Å². The molecular weight excluding hydrogens is 335 g/mol. The van der Waals surface area contributed by atoms with Crippen molar-refractivity contribution in [3.8, 4) is 0 Å². The van der Waals surface area contributed by atoms with Gasteiger partial charge in [0, 0.05) is 12.1 Å². The van der Waals surface area contributed by atoms with Gasteiger partial charge in [0.1, 0.15) is 5.82 Å². The highest BCUT2D eigenvalue weighted by Crippen LogP contribution is 2.21. The van der Waals surface area contributed by atoms with Crippen molar-refractivity contribution in [2.45, 2.75) is 13.5 Å². The van der Waals surface area contributed by atoms with Gasteiger partial charge in [-0.1, -0.05) is 47.7 Å². The number of rotatable bonds is 2. The minimum absolute atomic E-state index is 0.296. The van der Waals surface area contributed by atoms with Gasteiger partial charge in [-0.2, -0.15) is 4.99 Å². The second-order valence-electron chi connectivity index (χ2n) is 5.69. The monoisotopic (exact) mass is 350 g/mol. The normalized spacial score (nSPS) is 12.2. The Bertz CT molecular complexity index is 1170. The topological polar surface area (TPSA) is 34.4 Å². The molecule has 0 radical (unpaired) electrons. The molecule has 0 aliphatic carbocycles. The van der Waals surface area contributed by atoms with E-state index in [-0.39, 0.29) is 11.7 Å². The quantitative estimate of drug-likeness (QED) is 0.513. The van der Waals surface area contributed by atoms with E-state index in [2.05, 4.69) is 4.99 Å². The smallest absolute Gasteiger partial charge is 0.279 e. The number of fused-ring (bicyclic) bond motifs is 2. The number of para-hydroxylation sites is 1. The maximum absolute atomic E-state index is 14.1. The molecule has 25 heavy (non-hydrogen) atoms. The number of hydrogen-bond donors (Lipinski definition) is 0. The van der Waals surface area contributed by atoms with E-state index in [1.165, 1.54) is 17.4 Å². The van der Waals surface area contributed by atoms with Crippen LogP contribution >= 0.6 is 11.3 Å². The zero-order valence-corrected chi connectivity index (χ0v) is 14.4. The summed E-state index contributed by atoms with van der Waals surface area (Å²) in [6, 6.07) is 18.3. The summed E-state index contributed by atoms with van der Waals surface area (Å²) in [5, 5.41) is 2.07. The first-order valence-corrected chi connectivity index (χ1v) is 8.85. The molecule has 3 aromatic carbocycles. The van der Waals surface area contributed by atoms with Crippen LogP contribution in [0.4, 0.5) is 4.39 Å². The summed E-state index contributed by atoms with van der Waals surface area (Å²) in [6.45, 7) is 2.46. The molecule has 4 rings (SSSR count). The number of benzene rings is 3. The maximum atomic E-state index is 14.1. The van der Waals surface area contributed by atoms with Crippen LogP contribution in [-0.2, 0) is 6.54 Å². The standard InChI is InChI=1S/C20H15FN2OS/c1-2-23-18-16(21)8-5-9-17(18)25-20(23)22-19(24)15-11-10-13-6-3-4-7-14(13)12-15/h3-12H,2H2,1H3. The third-order valence-electron chi connectivity index (χ3n) is 4.16. The molecule has 0 saturated heterocycles. The van der Waals surface area contributed by atoms with Gasteiger partial charge in [-0.3, -0.25) is 4.79 Å². The molecule has 0 N–H and O–H groups in total. The fourth-order valence-corrected chi connectivity index (χ4v) is 4.05. The van der Waals surface area contributed by atoms with E-state index in [4.69, 9.17) is 0 Å². The number of aromatic nitrogens is 1. The third-order valence-corrected chi connectivity index (χ3v) is 5.21. The summed E-state index contributed by atoms with van der Waals surface area (Å²) in [4.78, 5) is 17.4. The summed E-state index contributed by atoms with van der Waals surface area (Å²) in [7, 11) is 0. The summed E-state index contributed by atoms with van der Waals surface area (Å²) in [5.74, 6) is -0.616. The van der Waals surface area contributed by atoms with E-state index >= 15 is 0 Å². The molecule has 0 saturated carbocycles. The molecule has 124 valence electrons. The van der Waals surface area contributed by atoms with Crippen LogP contribution in [0.1, 0.15) is 17.3 Å². The van der Waals surface area contributed by atoms with Gasteiger partial charge in [-0.25, -0.2) is 4.39 Å². The van der Waals surface area contributed by atoms with Gasteiger partial charge in [0.15, 0.2) is 4.80 Å². The van der Waals surface area contributed by atoms with Crippen LogP contribution in [0.15, 0.2) is 65.7 Å². The number of carbonyl (C=O) groups excluding carboxylic acids is 1. The van der Waals surface area contributed by atoms with Crippen LogP contribution in [-0.4, -0.2) is 10.5 Å². The predicted octanol–water partition coefficient (Wildman–Crippen LogP) is 4.76. The van der Waals surface area contributed by atoms with Crippen LogP contribution < -0.4 is 4.80 Å². The molecule has 0 bridgehead atoms. The van der Waals surface area contributed by atoms with E-state index in [1.807, 2.05) is 49.4 Å². The zero-order chi connectivity index (χ0) is 17.4. The Kier molecular flexibility index (Phi) is 3.93. The Morgan fingerprint density at radius 1 is 1.08 bits per heavy atom. The summed E-state index contributed by atoms with van der Waals surface area (Å²) >= 11 is 1.32. The van der Waals surface area contributed by atoms with E-state index in [9.17, 15) is 9.18 Å². The Hall–Kier alpha value is -2.79. The lowest BCUT2D eigenvalue weighted by molar-refractivity contribution is 0.0998. The molecule has 0 fully saturated rings. The van der Waals surface area contributed by atoms with Crippen molar-refractivity contribution in [1.82, 2.24) is 4.57 Å². The number of carbonyl (C=O) groups is 1. The van der Waals surface area contributed by atoms with Crippen LogP contribution in [0.3, 0.4) is 0 Å². The number of aryl methyl sites for hydroxylation is 1. The molecule has 0 spiro atoms. The van der Waals surface area contributed by atoms with E-state index in [0.29, 0.717) is 22.4 Å². The van der Waals surface area contributed by atoms with Crippen molar-refractivity contribution < 1.29 is 9.18 Å². The lowest BCUT2D eigenvalue weighted by atomic mass is 10.1. The molecule has 0 aliphatic rings. The molecule has 3 nitrogen and oxygen atoms in total. The fraction of sp³-hybridized carbons (Fsp3) is 0.100. The van der Waals surface area contributed by atoms with Crippen LogP contribution in [0.5, 0.6) is 0 Å². The van der Waals surface area contributed by atoms with Crippen molar-refractivity contribution in [2.24, 2.45) is 4.99 Å². The minimum Gasteiger partial charge on any atom is -0.314 e. The first-order chi connectivity index (χ1) is 12.2. The van der Waals surface area contributed by atoms with Crippen molar-refractivity contribution in [2.75, 3.05) is 0 Å². The summed E-state index contributed by atoms with van der Waals surface area (Å²) in [5.41, 5.74) is 1.03. The van der Waals surface area contributed by atoms with Gasteiger partial charge < -0.3 is 4.57 Å². The second-order valence-corrected chi connectivity index (χ2v) is 6.70. The first kappa shape index (κ1) is 15.7. The molecule has 1 heterocycles. The molecule has 0 aliphatic heterocycles. The highest BCUT2D eigenvalue weighted by Gasteiger charge is 2.11. The van der Waals surface area contributed by atoms with Crippen molar-refractivity contribution in [3.63, 3.8) is 0 Å². The molecular formula is C20H15FN2OS. The summed E-state index contributed by atoms with van der Waals surface area (Å²) in [6.07, 6.45) is 0. The third kappa shape index (κ3) is 2.76.